The summed E-state index contributed by atoms with van der Waals surface area (Å²) < 4.78 is 10.2. The molecular formula is C11H20N2O5. The van der Waals surface area contributed by atoms with E-state index >= 15 is 0 Å². The number of carbonyl (C=O) groups is 2. The summed E-state index contributed by atoms with van der Waals surface area (Å²) in [5, 5.41) is 9.03. The van der Waals surface area contributed by atoms with Gasteiger partial charge in [0.1, 0.15) is 5.92 Å². The normalized spacial score (nSPS) is 24.8. The topological polar surface area (TPSA) is 102 Å². The minimum atomic E-state index is -0.945. The number of nitrogens with zero attached hydrogens (tertiary/aromatic N) is 1. The van der Waals surface area contributed by atoms with Crippen LogP contribution in [0.5, 0.6) is 0 Å². The van der Waals surface area contributed by atoms with E-state index in [1.807, 2.05) is 0 Å². The van der Waals surface area contributed by atoms with E-state index < -0.39 is 17.9 Å². The Balaban J connectivity index is 2.60. The molecule has 1 rings (SSSR count). The Morgan fingerprint density at radius 2 is 2.22 bits per heavy atom. The van der Waals surface area contributed by atoms with Crippen molar-refractivity contribution in [3.63, 3.8) is 0 Å². The molecule has 0 aromatic carbocycles. The number of hydrogen-bond acceptors (Lipinski definition) is 5. The van der Waals surface area contributed by atoms with Crippen molar-refractivity contribution in [2.75, 3.05) is 33.9 Å². The van der Waals surface area contributed by atoms with Crippen molar-refractivity contribution in [1.29, 1.82) is 0 Å². The molecule has 1 amide bonds. The van der Waals surface area contributed by atoms with Gasteiger partial charge < -0.3 is 25.2 Å². The lowest BCUT2D eigenvalue weighted by Crippen LogP contribution is -2.45. The first-order valence-electron chi connectivity index (χ1n) is 5.80. The molecule has 3 unspecified atom stereocenters. The van der Waals surface area contributed by atoms with Gasteiger partial charge in [-0.1, -0.05) is 0 Å². The van der Waals surface area contributed by atoms with Crippen molar-refractivity contribution in [2.45, 2.75) is 18.6 Å². The van der Waals surface area contributed by atoms with E-state index in [1.165, 1.54) is 12.0 Å². The molecule has 18 heavy (non-hydrogen) atoms. The van der Waals surface area contributed by atoms with Gasteiger partial charge in [-0.05, 0) is 0 Å². The molecule has 3 atom stereocenters. The van der Waals surface area contributed by atoms with Crippen LogP contribution in [0, 0.1) is 5.92 Å². The van der Waals surface area contributed by atoms with E-state index in [4.69, 9.17) is 20.3 Å². The number of aliphatic carboxylic acids is 1. The largest absolute Gasteiger partial charge is 0.481 e. The second kappa shape index (κ2) is 6.67. The summed E-state index contributed by atoms with van der Waals surface area (Å²) in [5.74, 6) is -1.80. The summed E-state index contributed by atoms with van der Waals surface area (Å²) in [7, 11) is 3.07. The van der Waals surface area contributed by atoms with Crippen molar-refractivity contribution >= 4 is 11.9 Å². The lowest BCUT2D eigenvalue weighted by Gasteiger charge is -2.27. The Hall–Kier alpha value is -1.18. The average molecular weight is 260 g/mol. The van der Waals surface area contributed by atoms with Gasteiger partial charge in [0.15, 0.2) is 0 Å². The zero-order chi connectivity index (χ0) is 13.7. The van der Waals surface area contributed by atoms with Gasteiger partial charge in [0.25, 0.3) is 0 Å². The van der Waals surface area contributed by atoms with Gasteiger partial charge in [0, 0.05) is 20.7 Å². The summed E-state index contributed by atoms with van der Waals surface area (Å²) in [6.45, 7) is 0.640. The van der Waals surface area contributed by atoms with Crippen molar-refractivity contribution in [2.24, 2.45) is 11.7 Å². The first kappa shape index (κ1) is 14.9. The molecular weight excluding hydrogens is 240 g/mol. The maximum Gasteiger partial charge on any atom is 0.311 e. The van der Waals surface area contributed by atoms with Gasteiger partial charge >= 0.3 is 5.97 Å². The van der Waals surface area contributed by atoms with Gasteiger partial charge in [-0.25, -0.2) is 0 Å². The van der Waals surface area contributed by atoms with Crippen LogP contribution in [0.15, 0.2) is 0 Å². The Morgan fingerprint density at radius 3 is 2.72 bits per heavy atom. The number of methoxy groups -OCH3 is 1. The van der Waals surface area contributed by atoms with Crippen LogP contribution < -0.4 is 5.73 Å². The number of nitrogens with two attached hydrogens (primary N) is 1. The van der Waals surface area contributed by atoms with E-state index in [9.17, 15) is 9.59 Å². The fraction of sp³-hybridized carbons (Fsp3) is 0.818. The molecule has 0 aliphatic carbocycles. The molecule has 3 N–H and O–H groups in total. The third-order valence-electron chi connectivity index (χ3n) is 3.26. The third kappa shape index (κ3) is 3.41. The zero-order valence-corrected chi connectivity index (χ0v) is 10.7. The SMILES string of the molecule is COC(CN)CC(=O)N(C)C1COCC1C(=O)O. The van der Waals surface area contributed by atoms with Crippen LogP contribution in [0.3, 0.4) is 0 Å². The molecule has 0 bridgehead atoms. The Labute approximate surface area is 106 Å². The Bertz CT molecular complexity index is 306. The number of hydrogen-bond donors (Lipinski definition) is 2. The number of ether oxygens (including phenoxy) is 2. The maximum absolute atomic E-state index is 12.0. The van der Waals surface area contributed by atoms with E-state index in [-0.39, 0.29) is 38.2 Å². The van der Waals surface area contributed by atoms with E-state index in [0.29, 0.717) is 0 Å². The summed E-state index contributed by atoms with van der Waals surface area (Å²) in [4.78, 5) is 24.4. The molecule has 104 valence electrons. The summed E-state index contributed by atoms with van der Waals surface area (Å²) >= 11 is 0. The van der Waals surface area contributed by atoms with Crippen LogP contribution in [-0.2, 0) is 19.1 Å². The highest BCUT2D eigenvalue weighted by atomic mass is 16.5. The van der Waals surface area contributed by atoms with Gasteiger partial charge in [0.05, 0.1) is 31.8 Å². The quantitative estimate of drug-likeness (QED) is 0.629. The predicted molar refractivity (Wildman–Crippen MR) is 63.0 cm³/mol. The molecule has 7 nitrogen and oxygen atoms in total. The highest BCUT2D eigenvalue weighted by Gasteiger charge is 2.38. The molecule has 1 aliphatic heterocycles. The number of amides is 1. The monoisotopic (exact) mass is 260 g/mol. The van der Waals surface area contributed by atoms with Gasteiger partial charge in [-0.15, -0.1) is 0 Å². The van der Waals surface area contributed by atoms with Gasteiger partial charge in [-0.2, -0.15) is 0 Å². The number of carbonyl (C=O) groups excluding carboxylic acids is 1. The zero-order valence-electron chi connectivity index (χ0n) is 10.7. The molecule has 0 aromatic rings. The smallest absolute Gasteiger partial charge is 0.311 e. The van der Waals surface area contributed by atoms with Crippen molar-refractivity contribution in [3.05, 3.63) is 0 Å². The van der Waals surface area contributed by atoms with Gasteiger partial charge in [0.2, 0.25) is 5.91 Å². The highest BCUT2D eigenvalue weighted by Crippen LogP contribution is 2.20. The van der Waals surface area contributed by atoms with Gasteiger partial charge in [-0.3, -0.25) is 9.59 Å². The lowest BCUT2D eigenvalue weighted by molar-refractivity contribution is -0.144. The number of carboxylic acid groups (broad SMARTS) is 1. The fourth-order valence-electron chi connectivity index (χ4n) is 1.95. The molecule has 0 radical (unpaired) electrons. The number of carboxylic acids is 1. The van der Waals surface area contributed by atoms with Crippen LogP contribution in [0.25, 0.3) is 0 Å². The second-order valence-electron chi connectivity index (χ2n) is 4.35. The highest BCUT2D eigenvalue weighted by molar-refractivity contribution is 5.78. The first-order chi connectivity index (χ1) is 8.51. The van der Waals surface area contributed by atoms with E-state index in [2.05, 4.69) is 0 Å². The molecule has 1 aliphatic rings. The van der Waals surface area contributed by atoms with E-state index in [1.54, 1.807) is 7.05 Å². The first-order valence-corrected chi connectivity index (χ1v) is 5.80. The Morgan fingerprint density at radius 1 is 1.56 bits per heavy atom. The van der Waals surface area contributed by atoms with Crippen LogP contribution in [0.4, 0.5) is 0 Å². The minimum Gasteiger partial charge on any atom is -0.481 e. The summed E-state index contributed by atoms with van der Waals surface area (Å²) in [5.41, 5.74) is 5.45. The summed E-state index contributed by atoms with van der Waals surface area (Å²) in [6, 6.07) is -0.426. The van der Waals surface area contributed by atoms with Crippen LogP contribution in [0.1, 0.15) is 6.42 Å². The van der Waals surface area contributed by atoms with Crippen molar-refractivity contribution in [3.8, 4) is 0 Å². The molecule has 0 spiro atoms. The summed E-state index contributed by atoms with van der Waals surface area (Å²) in [6.07, 6.45) is -0.197. The fourth-order valence-corrected chi connectivity index (χ4v) is 1.95. The van der Waals surface area contributed by atoms with Crippen molar-refractivity contribution in [1.82, 2.24) is 4.90 Å². The Kier molecular flexibility index (Phi) is 5.52. The lowest BCUT2D eigenvalue weighted by atomic mass is 10.0. The number of likely N-dealkylation sites (N-methyl/N-ethyl adjacent to an activating group) is 1. The maximum atomic E-state index is 12.0. The third-order valence-corrected chi connectivity index (χ3v) is 3.26. The van der Waals surface area contributed by atoms with Crippen LogP contribution in [-0.4, -0.2) is 67.9 Å². The average Bonchev–Trinajstić information content (AvgIpc) is 2.83. The predicted octanol–water partition coefficient (Wildman–Crippen LogP) is -1.09. The standard InChI is InChI=1S/C11H20N2O5/c1-13(10(14)3-7(4-12)17-2)9-6-18-5-8(9)11(15)16/h7-9H,3-6,12H2,1-2H3,(H,15,16). The molecule has 7 heteroatoms. The van der Waals surface area contributed by atoms with Crippen molar-refractivity contribution < 1.29 is 24.2 Å². The van der Waals surface area contributed by atoms with E-state index in [0.717, 1.165) is 0 Å². The van der Waals surface area contributed by atoms with Crippen LogP contribution >= 0.6 is 0 Å². The molecule has 0 aromatic heterocycles. The van der Waals surface area contributed by atoms with Crippen LogP contribution in [0.2, 0.25) is 0 Å². The molecule has 1 heterocycles. The number of rotatable bonds is 6. The molecule has 0 saturated carbocycles. The molecule has 1 saturated heterocycles. The minimum absolute atomic E-state index is 0.141. The second-order valence-corrected chi connectivity index (χ2v) is 4.35. The molecule has 1 fully saturated rings.